The van der Waals surface area contributed by atoms with Crippen LogP contribution in [0.3, 0.4) is 0 Å². The normalized spacial score (nSPS) is 10.9. The van der Waals surface area contributed by atoms with Crippen molar-refractivity contribution < 1.29 is 14.3 Å². The van der Waals surface area contributed by atoms with Crippen LogP contribution in [0.5, 0.6) is 0 Å². The predicted molar refractivity (Wildman–Crippen MR) is 92.7 cm³/mol. The average Bonchev–Trinajstić information content (AvgIpc) is 2.59. The summed E-state index contributed by atoms with van der Waals surface area (Å²) in [4.78, 5) is 20.1. The number of rotatable bonds is 5. The molecule has 1 heterocycles. The van der Waals surface area contributed by atoms with E-state index in [9.17, 15) is 9.18 Å². The molecule has 1 aromatic heterocycles. The van der Waals surface area contributed by atoms with Gasteiger partial charge in [0.1, 0.15) is 10.8 Å². The second kappa shape index (κ2) is 6.97. The number of carboxylic acid groups (broad SMARTS) is 1. The third kappa shape index (κ3) is 3.38. The molecule has 6 heteroatoms. The van der Waals surface area contributed by atoms with Crippen LogP contribution in [0.1, 0.15) is 12.5 Å². The molecule has 122 valence electrons. The molecular formula is C18H15FN2O2S. The Labute approximate surface area is 142 Å². The first-order chi connectivity index (χ1) is 11.6. The van der Waals surface area contributed by atoms with Crippen molar-refractivity contribution in [3.05, 3.63) is 53.8 Å². The SMILES string of the molecule is CCc1cccc2c(SCC(=O)O)nc(-c3ccc(F)cc3)nc12. The number of carboxylic acids is 1. The molecular weight excluding hydrogens is 327 g/mol. The minimum absolute atomic E-state index is 0.0781. The smallest absolute Gasteiger partial charge is 0.313 e. The third-order valence-corrected chi connectivity index (χ3v) is 4.57. The van der Waals surface area contributed by atoms with Crippen LogP contribution in [0.15, 0.2) is 47.5 Å². The molecule has 4 nitrogen and oxygen atoms in total. The fraction of sp³-hybridized carbons (Fsp3) is 0.167. The monoisotopic (exact) mass is 342 g/mol. The van der Waals surface area contributed by atoms with Crippen LogP contribution < -0.4 is 0 Å². The number of aryl methyl sites for hydroxylation is 1. The molecule has 0 aliphatic heterocycles. The lowest BCUT2D eigenvalue weighted by molar-refractivity contribution is -0.133. The van der Waals surface area contributed by atoms with Gasteiger partial charge in [0, 0.05) is 10.9 Å². The Morgan fingerprint density at radius 1 is 1.17 bits per heavy atom. The molecule has 1 N–H and O–H groups in total. The van der Waals surface area contributed by atoms with Gasteiger partial charge in [-0.1, -0.05) is 36.9 Å². The van der Waals surface area contributed by atoms with E-state index in [1.807, 2.05) is 25.1 Å². The molecule has 0 aliphatic rings. The Hall–Kier alpha value is -2.47. The number of aromatic nitrogens is 2. The van der Waals surface area contributed by atoms with Crippen molar-refractivity contribution >= 4 is 28.6 Å². The fourth-order valence-electron chi connectivity index (χ4n) is 2.44. The van der Waals surface area contributed by atoms with Gasteiger partial charge in [0.15, 0.2) is 5.82 Å². The minimum atomic E-state index is -0.901. The average molecular weight is 342 g/mol. The summed E-state index contributed by atoms with van der Waals surface area (Å²) in [6.45, 7) is 2.04. The highest BCUT2D eigenvalue weighted by atomic mass is 32.2. The van der Waals surface area contributed by atoms with Gasteiger partial charge in [0.05, 0.1) is 11.3 Å². The van der Waals surface area contributed by atoms with E-state index in [0.29, 0.717) is 16.4 Å². The number of hydrogen-bond acceptors (Lipinski definition) is 4. The number of hydrogen-bond donors (Lipinski definition) is 1. The van der Waals surface area contributed by atoms with Crippen molar-refractivity contribution in [1.82, 2.24) is 9.97 Å². The lowest BCUT2D eigenvalue weighted by Gasteiger charge is -2.10. The Kier molecular flexibility index (Phi) is 4.76. The van der Waals surface area contributed by atoms with Crippen molar-refractivity contribution in [1.29, 1.82) is 0 Å². The van der Waals surface area contributed by atoms with Gasteiger partial charge >= 0.3 is 5.97 Å². The van der Waals surface area contributed by atoms with Crippen LogP contribution >= 0.6 is 11.8 Å². The maximum Gasteiger partial charge on any atom is 0.313 e. The largest absolute Gasteiger partial charge is 0.481 e. The number of thioether (sulfide) groups is 1. The van der Waals surface area contributed by atoms with Crippen LogP contribution in [0, 0.1) is 5.82 Å². The van der Waals surface area contributed by atoms with E-state index in [-0.39, 0.29) is 11.6 Å². The fourth-order valence-corrected chi connectivity index (χ4v) is 3.17. The summed E-state index contributed by atoms with van der Waals surface area (Å²) in [5.74, 6) is -0.835. The van der Waals surface area contributed by atoms with E-state index < -0.39 is 5.97 Å². The molecule has 0 bridgehead atoms. The second-order valence-electron chi connectivity index (χ2n) is 5.21. The number of fused-ring (bicyclic) bond motifs is 1. The summed E-state index contributed by atoms with van der Waals surface area (Å²) in [5.41, 5.74) is 2.57. The molecule has 2 aromatic carbocycles. The van der Waals surface area contributed by atoms with Gasteiger partial charge in [0.25, 0.3) is 0 Å². The first-order valence-electron chi connectivity index (χ1n) is 7.48. The zero-order valence-electron chi connectivity index (χ0n) is 13.0. The molecule has 0 fully saturated rings. The van der Waals surface area contributed by atoms with Gasteiger partial charge in [-0.25, -0.2) is 14.4 Å². The quantitative estimate of drug-likeness (QED) is 0.557. The van der Waals surface area contributed by atoms with Crippen LogP contribution in [0.25, 0.3) is 22.3 Å². The van der Waals surface area contributed by atoms with E-state index in [0.717, 1.165) is 34.6 Å². The molecule has 0 saturated carbocycles. The Morgan fingerprint density at radius 3 is 2.58 bits per heavy atom. The van der Waals surface area contributed by atoms with Crippen LogP contribution in [-0.4, -0.2) is 26.8 Å². The molecule has 0 atom stereocenters. The van der Waals surface area contributed by atoms with Crippen LogP contribution in [0.2, 0.25) is 0 Å². The highest BCUT2D eigenvalue weighted by Crippen LogP contribution is 2.30. The van der Waals surface area contributed by atoms with Crippen molar-refractivity contribution in [2.75, 3.05) is 5.75 Å². The lowest BCUT2D eigenvalue weighted by atomic mass is 10.1. The van der Waals surface area contributed by atoms with Gasteiger partial charge in [-0.05, 0) is 36.2 Å². The van der Waals surface area contributed by atoms with Crippen molar-refractivity contribution in [3.8, 4) is 11.4 Å². The molecule has 0 saturated heterocycles. The van der Waals surface area contributed by atoms with Gasteiger partial charge in [-0.3, -0.25) is 4.79 Å². The predicted octanol–water partition coefficient (Wildman–Crippen LogP) is 4.18. The van der Waals surface area contributed by atoms with E-state index in [1.165, 1.54) is 12.1 Å². The summed E-state index contributed by atoms with van der Waals surface area (Å²) in [6.07, 6.45) is 0.806. The van der Waals surface area contributed by atoms with E-state index in [2.05, 4.69) is 9.97 Å². The Morgan fingerprint density at radius 2 is 1.92 bits per heavy atom. The maximum absolute atomic E-state index is 13.2. The molecule has 24 heavy (non-hydrogen) atoms. The van der Waals surface area contributed by atoms with Crippen molar-refractivity contribution in [3.63, 3.8) is 0 Å². The molecule has 0 unspecified atom stereocenters. The molecule has 0 spiro atoms. The highest BCUT2D eigenvalue weighted by molar-refractivity contribution is 8.00. The lowest BCUT2D eigenvalue weighted by Crippen LogP contribution is -2.01. The summed E-state index contributed by atoms with van der Waals surface area (Å²) < 4.78 is 13.2. The van der Waals surface area contributed by atoms with Gasteiger partial charge in [-0.15, -0.1) is 0 Å². The van der Waals surface area contributed by atoms with E-state index >= 15 is 0 Å². The summed E-state index contributed by atoms with van der Waals surface area (Å²) in [7, 11) is 0. The zero-order valence-corrected chi connectivity index (χ0v) is 13.8. The molecule has 0 amide bonds. The molecule has 0 radical (unpaired) electrons. The number of para-hydroxylation sites is 1. The topological polar surface area (TPSA) is 63.1 Å². The molecule has 0 aliphatic carbocycles. The van der Waals surface area contributed by atoms with Crippen LogP contribution in [-0.2, 0) is 11.2 Å². The van der Waals surface area contributed by atoms with Gasteiger partial charge < -0.3 is 5.11 Å². The number of nitrogens with zero attached hydrogens (tertiary/aromatic N) is 2. The van der Waals surface area contributed by atoms with Gasteiger partial charge in [-0.2, -0.15) is 0 Å². The first kappa shape index (κ1) is 16.4. The van der Waals surface area contributed by atoms with Crippen LogP contribution in [0.4, 0.5) is 4.39 Å². The second-order valence-corrected chi connectivity index (χ2v) is 6.17. The Balaban J connectivity index is 2.19. The standard InChI is InChI=1S/C18H15FN2O2S/c1-2-11-4-3-5-14-16(11)20-17(12-6-8-13(19)9-7-12)21-18(14)24-10-15(22)23/h3-9H,2,10H2,1H3,(H,22,23). The summed E-state index contributed by atoms with van der Waals surface area (Å²) in [5, 5.41) is 10.4. The minimum Gasteiger partial charge on any atom is -0.481 e. The number of halogens is 1. The summed E-state index contributed by atoms with van der Waals surface area (Å²) >= 11 is 1.16. The first-order valence-corrected chi connectivity index (χ1v) is 8.47. The molecule has 3 rings (SSSR count). The maximum atomic E-state index is 13.2. The highest BCUT2D eigenvalue weighted by Gasteiger charge is 2.13. The number of benzene rings is 2. The number of aliphatic carboxylic acids is 1. The molecule has 3 aromatic rings. The summed E-state index contributed by atoms with van der Waals surface area (Å²) in [6, 6.07) is 11.8. The van der Waals surface area contributed by atoms with E-state index in [1.54, 1.807) is 12.1 Å². The Bertz CT molecular complexity index is 897. The third-order valence-electron chi connectivity index (χ3n) is 3.59. The van der Waals surface area contributed by atoms with Crippen molar-refractivity contribution in [2.45, 2.75) is 18.4 Å². The number of carbonyl (C=O) groups is 1. The van der Waals surface area contributed by atoms with E-state index in [4.69, 9.17) is 5.11 Å². The zero-order chi connectivity index (χ0) is 17.1. The van der Waals surface area contributed by atoms with Crippen molar-refractivity contribution in [2.24, 2.45) is 0 Å². The van der Waals surface area contributed by atoms with Gasteiger partial charge in [0.2, 0.25) is 0 Å².